The van der Waals surface area contributed by atoms with Gasteiger partial charge >= 0.3 is 0 Å². The van der Waals surface area contributed by atoms with E-state index in [1.54, 1.807) is 0 Å². The van der Waals surface area contributed by atoms with Crippen LogP contribution in [-0.4, -0.2) is 35.9 Å². The fraction of sp³-hybridized carbons (Fsp3) is 0.556. The van der Waals surface area contributed by atoms with E-state index in [2.05, 4.69) is 15.3 Å². The zero-order chi connectivity index (χ0) is 12.5. The molecule has 6 nitrogen and oxygen atoms in total. The average molecular weight is 277 g/mol. The van der Waals surface area contributed by atoms with Crippen LogP contribution in [0.4, 0.5) is 11.5 Å². The molecule has 1 aliphatic rings. The molecule has 17 heavy (non-hydrogen) atoms. The third-order valence-corrected chi connectivity index (χ3v) is 5.21. The van der Waals surface area contributed by atoms with Crippen molar-refractivity contribution in [1.29, 1.82) is 0 Å². The summed E-state index contributed by atoms with van der Waals surface area (Å²) in [4.78, 5) is 7.62. The van der Waals surface area contributed by atoms with E-state index in [1.807, 2.05) is 0 Å². The lowest BCUT2D eigenvalue weighted by Gasteiger charge is -2.12. The maximum Gasteiger partial charge on any atom is 0.224 e. The van der Waals surface area contributed by atoms with Crippen LogP contribution >= 0.6 is 11.6 Å². The largest absolute Gasteiger partial charge is 0.394 e. The standard InChI is InChI=1S/C9H13ClN4O2S/c10-9-13-5-7(11)8(14-9)12-4-6-2-1-3-17(6,15)16/h5-6H,1-4,11H2,(H,12,13,14). The molecule has 1 aliphatic heterocycles. The van der Waals surface area contributed by atoms with Gasteiger partial charge in [-0.15, -0.1) is 0 Å². The average Bonchev–Trinajstić information content (AvgIpc) is 2.59. The van der Waals surface area contributed by atoms with Crippen molar-refractivity contribution in [1.82, 2.24) is 9.97 Å². The van der Waals surface area contributed by atoms with Crippen molar-refractivity contribution in [2.45, 2.75) is 18.1 Å². The molecule has 3 N–H and O–H groups in total. The second-order valence-corrected chi connectivity index (χ2v) is 6.69. The number of halogens is 1. The third-order valence-electron chi connectivity index (χ3n) is 2.75. The van der Waals surface area contributed by atoms with Gasteiger partial charge < -0.3 is 11.1 Å². The van der Waals surface area contributed by atoms with Gasteiger partial charge in [0.15, 0.2) is 15.7 Å². The number of sulfone groups is 1. The van der Waals surface area contributed by atoms with Gasteiger partial charge in [0.1, 0.15) is 0 Å². The van der Waals surface area contributed by atoms with Gasteiger partial charge in [0, 0.05) is 6.54 Å². The van der Waals surface area contributed by atoms with Gasteiger partial charge in [0.05, 0.1) is 22.9 Å². The SMILES string of the molecule is Nc1cnc(Cl)nc1NCC1CCCS1(=O)=O. The molecule has 0 amide bonds. The molecular weight excluding hydrogens is 264 g/mol. The third kappa shape index (κ3) is 2.78. The Morgan fingerprint density at radius 2 is 2.35 bits per heavy atom. The van der Waals surface area contributed by atoms with Gasteiger partial charge in [-0.3, -0.25) is 0 Å². The summed E-state index contributed by atoms with van der Waals surface area (Å²) in [5.74, 6) is 0.645. The lowest BCUT2D eigenvalue weighted by molar-refractivity contribution is 0.591. The Hall–Kier alpha value is -1.08. The Labute approximate surface area is 105 Å². The first-order valence-corrected chi connectivity index (χ1v) is 7.32. The van der Waals surface area contributed by atoms with Crippen LogP contribution in [0.15, 0.2) is 6.20 Å². The summed E-state index contributed by atoms with van der Waals surface area (Å²) in [6, 6.07) is 0. The first kappa shape index (κ1) is 12.4. The molecule has 8 heteroatoms. The molecule has 0 saturated carbocycles. The molecule has 94 valence electrons. The first-order chi connectivity index (χ1) is 7.99. The molecule has 1 fully saturated rings. The van der Waals surface area contributed by atoms with Gasteiger partial charge in [-0.05, 0) is 24.4 Å². The number of anilines is 2. The van der Waals surface area contributed by atoms with Crippen molar-refractivity contribution < 1.29 is 8.42 Å². The van der Waals surface area contributed by atoms with E-state index in [0.717, 1.165) is 0 Å². The summed E-state index contributed by atoms with van der Waals surface area (Å²) < 4.78 is 23.2. The van der Waals surface area contributed by atoms with E-state index >= 15 is 0 Å². The molecule has 1 aromatic heterocycles. The van der Waals surface area contributed by atoms with Gasteiger partial charge in [0.2, 0.25) is 5.28 Å². The van der Waals surface area contributed by atoms with Gasteiger partial charge in [-0.25, -0.2) is 13.4 Å². The predicted molar refractivity (Wildman–Crippen MR) is 66.8 cm³/mol. The molecule has 0 aromatic carbocycles. The highest BCUT2D eigenvalue weighted by molar-refractivity contribution is 7.92. The highest BCUT2D eigenvalue weighted by Crippen LogP contribution is 2.22. The van der Waals surface area contributed by atoms with Crippen LogP contribution in [0.1, 0.15) is 12.8 Å². The zero-order valence-corrected chi connectivity index (χ0v) is 10.6. The summed E-state index contributed by atoms with van der Waals surface area (Å²) in [7, 11) is -2.96. The van der Waals surface area contributed by atoms with E-state index in [1.165, 1.54) is 6.20 Å². The van der Waals surface area contributed by atoms with Crippen molar-refractivity contribution in [2.24, 2.45) is 0 Å². The molecule has 0 bridgehead atoms. The minimum Gasteiger partial charge on any atom is -0.394 e. The van der Waals surface area contributed by atoms with E-state index in [9.17, 15) is 8.42 Å². The zero-order valence-electron chi connectivity index (χ0n) is 9.06. The quantitative estimate of drug-likeness (QED) is 0.789. The number of nitrogens with one attached hydrogen (secondary N) is 1. The Morgan fingerprint density at radius 1 is 1.59 bits per heavy atom. The first-order valence-electron chi connectivity index (χ1n) is 5.22. The van der Waals surface area contributed by atoms with Crippen molar-refractivity contribution in [3.05, 3.63) is 11.5 Å². The topological polar surface area (TPSA) is 98.0 Å². The maximum atomic E-state index is 11.6. The molecule has 0 aliphatic carbocycles. The summed E-state index contributed by atoms with van der Waals surface area (Å²) >= 11 is 5.63. The lowest BCUT2D eigenvalue weighted by Crippen LogP contribution is -2.25. The molecule has 2 heterocycles. The molecule has 1 saturated heterocycles. The van der Waals surface area contributed by atoms with Crippen molar-refractivity contribution in [3.63, 3.8) is 0 Å². The molecular formula is C9H13ClN4O2S. The number of hydrogen-bond donors (Lipinski definition) is 2. The highest BCUT2D eigenvalue weighted by Gasteiger charge is 2.31. The Kier molecular flexibility index (Phi) is 3.39. The molecule has 1 aromatic rings. The van der Waals surface area contributed by atoms with Crippen LogP contribution in [0.3, 0.4) is 0 Å². The van der Waals surface area contributed by atoms with E-state index in [0.29, 0.717) is 30.9 Å². The van der Waals surface area contributed by atoms with Crippen molar-refractivity contribution in [3.8, 4) is 0 Å². The minimum atomic E-state index is -2.96. The number of rotatable bonds is 3. The van der Waals surface area contributed by atoms with Gasteiger partial charge in [-0.2, -0.15) is 4.98 Å². The van der Waals surface area contributed by atoms with Crippen LogP contribution in [0.25, 0.3) is 0 Å². The van der Waals surface area contributed by atoms with E-state index < -0.39 is 9.84 Å². The van der Waals surface area contributed by atoms with Crippen molar-refractivity contribution >= 4 is 32.9 Å². The van der Waals surface area contributed by atoms with Crippen LogP contribution in [-0.2, 0) is 9.84 Å². The minimum absolute atomic E-state index is 0.0796. The summed E-state index contributed by atoms with van der Waals surface area (Å²) in [5, 5.41) is 2.63. The number of hydrogen-bond acceptors (Lipinski definition) is 6. The van der Waals surface area contributed by atoms with Crippen LogP contribution < -0.4 is 11.1 Å². The second kappa shape index (κ2) is 4.66. The van der Waals surface area contributed by atoms with Crippen LogP contribution in [0.5, 0.6) is 0 Å². The smallest absolute Gasteiger partial charge is 0.224 e. The normalized spacial score (nSPS) is 22.5. The Balaban J connectivity index is 2.05. The maximum absolute atomic E-state index is 11.6. The molecule has 2 rings (SSSR count). The predicted octanol–water partition coefficient (Wildman–Crippen LogP) is 0.701. The van der Waals surface area contributed by atoms with Gasteiger partial charge in [-0.1, -0.05) is 0 Å². The van der Waals surface area contributed by atoms with E-state index in [4.69, 9.17) is 17.3 Å². The fourth-order valence-electron chi connectivity index (χ4n) is 1.81. The van der Waals surface area contributed by atoms with Crippen LogP contribution in [0.2, 0.25) is 5.28 Å². The number of nitrogen functional groups attached to an aromatic ring is 1. The number of nitrogens with zero attached hydrogens (tertiary/aromatic N) is 2. The van der Waals surface area contributed by atoms with E-state index in [-0.39, 0.29) is 16.3 Å². The summed E-state index contributed by atoms with van der Waals surface area (Å²) in [6.45, 7) is 0.305. The Morgan fingerprint density at radius 3 is 3.00 bits per heavy atom. The number of nitrogens with two attached hydrogens (primary N) is 1. The molecule has 1 unspecified atom stereocenters. The number of aromatic nitrogens is 2. The highest BCUT2D eigenvalue weighted by atomic mass is 35.5. The molecule has 0 spiro atoms. The van der Waals surface area contributed by atoms with Gasteiger partial charge in [0.25, 0.3) is 0 Å². The fourth-order valence-corrected chi connectivity index (χ4v) is 3.71. The second-order valence-electron chi connectivity index (χ2n) is 3.96. The monoisotopic (exact) mass is 276 g/mol. The Bertz CT molecular complexity index is 520. The lowest BCUT2D eigenvalue weighted by atomic mass is 10.2. The summed E-state index contributed by atoms with van der Waals surface area (Å²) in [6.07, 6.45) is 2.78. The molecule has 0 radical (unpaired) electrons. The van der Waals surface area contributed by atoms with Crippen molar-refractivity contribution in [2.75, 3.05) is 23.3 Å². The van der Waals surface area contributed by atoms with Crippen LogP contribution in [0, 0.1) is 0 Å². The summed E-state index contributed by atoms with van der Waals surface area (Å²) in [5.41, 5.74) is 6.00. The molecule has 1 atom stereocenters.